The van der Waals surface area contributed by atoms with Gasteiger partial charge in [0, 0.05) is 29.2 Å². The average molecular weight is 985 g/mol. The maximum atomic E-state index is 14.5. The molecule has 2 N–H and O–H groups in total. The van der Waals surface area contributed by atoms with Crippen molar-refractivity contribution in [3.8, 4) is 0 Å². The fraction of sp³-hybridized carbons (Fsp3) is 0.528. The second kappa shape index (κ2) is 25.7. The van der Waals surface area contributed by atoms with Crippen LogP contribution in [0.25, 0.3) is 10.2 Å². The van der Waals surface area contributed by atoms with E-state index in [0.717, 1.165) is 69.1 Å². The SMILES string of the molecule is C=CCC1C(=O)C(C)(C)C(O)CC(=O)OC(c2ccc3sc(C)nc3c2)C/C=C(\C)CCCC(C)C1OC(=O)OCc1ccc(NC(=O)CC(C(CCCCCCC)N2C(=O)C=CC2=O)[N+](=O)[O-])cc1. The van der Waals surface area contributed by atoms with Gasteiger partial charge in [0.25, 0.3) is 11.8 Å². The van der Waals surface area contributed by atoms with Crippen molar-refractivity contribution in [3.63, 3.8) is 0 Å². The van der Waals surface area contributed by atoms with Crippen LogP contribution >= 0.6 is 11.3 Å². The Bertz CT molecular complexity index is 2410. The Kier molecular flexibility index (Phi) is 20.1. The van der Waals surface area contributed by atoms with Gasteiger partial charge in [-0.05, 0) is 87.3 Å². The van der Waals surface area contributed by atoms with Gasteiger partial charge >= 0.3 is 12.1 Å². The minimum Gasteiger partial charge on any atom is -0.457 e. The first-order chi connectivity index (χ1) is 33.3. The highest BCUT2D eigenvalue weighted by atomic mass is 32.1. The van der Waals surface area contributed by atoms with E-state index < -0.39 is 95.1 Å². The number of hydrogen-bond donors (Lipinski definition) is 2. The number of nitro groups is 1. The van der Waals surface area contributed by atoms with Crippen molar-refractivity contribution in [2.75, 3.05) is 5.32 Å². The van der Waals surface area contributed by atoms with E-state index in [1.807, 2.05) is 45.0 Å². The molecule has 0 saturated heterocycles. The Morgan fingerprint density at radius 3 is 2.44 bits per heavy atom. The van der Waals surface area contributed by atoms with E-state index >= 15 is 0 Å². The Balaban J connectivity index is 1.24. The van der Waals surface area contributed by atoms with Crippen molar-refractivity contribution in [1.82, 2.24) is 9.88 Å². The summed E-state index contributed by atoms with van der Waals surface area (Å²) in [6.45, 7) is 14.6. The molecule has 5 rings (SSSR count). The lowest BCUT2D eigenvalue weighted by molar-refractivity contribution is -0.528. The molecule has 7 atom stereocenters. The van der Waals surface area contributed by atoms with Crippen LogP contribution < -0.4 is 5.32 Å². The van der Waals surface area contributed by atoms with Crippen LogP contribution in [0.3, 0.4) is 0 Å². The fourth-order valence-corrected chi connectivity index (χ4v) is 9.94. The molecule has 0 fully saturated rings. The number of rotatable bonds is 18. The topological polar surface area (TPSA) is 222 Å². The third-order valence-electron chi connectivity index (χ3n) is 13.3. The number of aliphatic hydroxyl groups is 1. The number of imide groups is 1. The Labute approximate surface area is 414 Å². The maximum Gasteiger partial charge on any atom is 0.508 e. The summed E-state index contributed by atoms with van der Waals surface area (Å²) < 4.78 is 18.6. The summed E-state index contributed by atoms with van der Waals surface area (Å²) in [5.74, 6) is -4.35. The van der Waals surface area contributed by atoms with Crippen LogP contribution in [0.15, 0.2) is 78.9 Å². The monoisotopic (exact) mass is 984 g/mol. The molecule has 2 aromatic carbocycles. The van der Waals surface area contributed by atoms with Crippen LogP contribution in [-0.2, 0) is 44.8 Å². The zero-order valence-corrected chi connectivity index (χ0v) is 42.0. The second-order valence-corrected chi connectivity index (χ2v) is 20.3. The van der Waals surface area contributed by atoms with E-state index in [1.54, 1.807) is 43.4 Å². The molecule has 7 unspecified atom stereocenters. The third-order valence-corrected chi connectivity index (χ3v) is 14.3. The molecule has 17 heteroatoms. The van der Waals surface area contributed by atoms with Gasteiger partial charge in [-0.15, -0.1) is 17.9 Å². The first kappa shape index (κ1) is 54.9. The Morgan fingerprint density at radius 1 is 1.07 bits per heavy atom. The molecular formula is C53H68N4O12S. The number of aryl methyl sites for hydroxylation is 1. The van der Waals surface area contributed by atoms with Crippen molar-refractivity contribution in [3.05, 3.63) is 105 Å². The van der Waals surface area contributed by atoms with Gasteiger partial charge in [-0.1, -0.05) is 95.7 Å². The molecule has 0 spiro atoms. The molecule has 0 aliphatic carbocycles. The molecule has 3 heterocycles. The Morgan fingerprint density at radius 2 is 1.77 bits per heavy atom. The minimum atomic E-state index is -1.53. The summed E-state index contributed by atoms with van der Waals surface area (Å²) in [6, 6.07) is 9.43. The van der Waals surface area contributed by atoms with Gasteiger partial charge in [0.2, 0.25) is 11.9 Å². The number of nitrogens with one attached hydrogen (secondary N) is 1. The van der Waals surface area contributed by atoms with Gasteiger partial charge in [0.1, 0.15) is 30.6 Å². The van der Waals surface area contributed by atoms with E-state index in [2.05, 4.69) is 23.8 Å². The number of carbonyl (C=O) groups excluding carboxylic acids is 6. The lowest BCUT2D eigenvalue weighted by Gasteiger charge is -2.37. The summed E-state index contributed by atoms with van der Waals surface area (Å²) in [7, 11) is 0. The summed E-state index contributed by atoms with van der Waals surface area (Å²) in [5.41, 5.74) is 2.01. The molecule has 3 amide bonds. The third kappa shape index (κ3) is 15.0. The van der Waals surface area contributed by atoms with Crippen molar-refractivity contribution < 1.29 is 53.0 Å². The first-order valence-corrected chi connectivity index (χ1v) is 25.1. The number of anilines is 1. The standard InChI is InChI=1S/C53H68N4O12S/c1-8-10-11-12-13-18-41(56-47(60)27-28-48(56)61)42(57(65)66)30-46(59)55-38-23-20-36(21-24-38)32-67-52(64)69-50-34(4)17-14-16-33(3)19-25-43(37-22-26-44-40(29-37)54-35(5)70-44)68-49(62)31-45(58)53(6,7)51(63)39(50)15-9-2/h9,19-24,26-29,34,39,41-43,45,50,58H,2,8,10-18,25,30-32H2,1,3-7H3,(H,55,59)/b33-19+. The highest BCUT2D eigenvalue weighted by Crippen LogP contribution is 2.37. The first-order valence-electron chi connectivity index (χ1n) is 24.3. The van der Waals surface area contributed by atoms with E-state index in [-0.39, 0.29) is 25.4 Å². The number of carbonyl (C=O) groups is 6. The molecule has 0 radical (unpaired) electrons. The normalized spacial score (nSPS) is 23.0. The summed E-state index contributed by atoms with van der Waals surface area (Å²) >= 11 is 1.58. The number of aliphatic hydroxyl groups excluding tert-OH is 1. The number of allylic oxidation sites excluding steroid dienone is 2. The molecule has 0 bridgehead atoms. The van der Waals surface area contributed by atoms with Crippen molar-refractivity contribution in [1.29, 1.82) is 0 Å². The molecule has 16 nitrogen and oxygen atoms in total. The van der Waals surface area contributed by atoms with Gasteiger partial charge in [-0.2, -0.15) is 0 Å². The molecule has 2 aliphatic rings. The molecular weight excluding hydrogens is 917 g/mol. The number of amides is 3. The number of cyclic esters (lactones) is 1. The predicted octanol–water partition coefficient (Wildman–Crippen LogP) is 10.2. The average Bonchev–Trinajstić information content (AvgIpc) is 3.86. The highest BCUT2D eigenvalue weighted by Gasteiger charge is 2.46. The number of thiazole rings is 1. The van der Waals surface area contributed by atoms with Crippen LogP contribution in [0.5, 0.6) is 0 Å². The molecule has 70 heavy (non-hydrogen) atoms. The number of Topliss-reactive ketones (excluding diaryl/α,β-unsaturated/α-hetero) is 1. The molecule has 378 valence electrons. The quantitative estimate of drug-likeness (QED) is 0.0303. The number of ketones is 1. The number of benzene rings is 2. The zero-order valence-electron chi connectivity index (χ0n) is 41.2. The van der Waals surface area contributed by atoms with Gasteiger partial charge in [0.05, 0.1) is 45.5 Å². The molecule has 2 aliphatic heterocycles. The lowest BCUT2D eigenvalue weighted by atomic mass is 9.71. The number of unbranched alkanes of at least 4 members (excludes halogenated alkanes) is 4. The van der Waals surface area contributed by atoms with Crippen molar-refractivity contribution >= 4 is 62.9 Å². The van der Waals surface area contributed by atoms with Crippen LogP contribution in [-0.4, -0.2) is 79.8 Å². The van der Waals surface area contributed by atoms with Crippen molar-refractivity contribution in [2.45, 2.75) is 162 Å². The largest absolute Gasteiger partial charge is 0.508 e. The number of aromatic nitrogens is 1. The van der Waals surface area contributed by atoms with E-state index in [4.69, 9.17) is 14.2 Å². The number of ether oxygens (including phenoxy) is 3. The van der Waals surface area contributed by atoms with Gasteiger partial charge in [-0.25, -0.2) is 9.78 Å². The second-order valence-electron chi connectivity index (χ2n) is 19.1. The summed E-state index contributed by atoms with van der Waals surface area (Å²) in [5, 5.41) is 27.5. The van der Waals surface area contributed by atoms with E-state index in [0.29, 0.717) is 43.4 Å². The van der Waals surface area contributed by atoms with E-state index in [1.165, 1.54) is 12.1 Å². The summed E-state index contributed by atoms with van der Waals surface area (Å²) in [6.07, 6.45) is 7.50. The van der Waals surface area contributed by atoms with E-state index in [9.17, 15) is 44.0 Å². The fourth-order valence-electron chi connectivity index (χ4n) is 9.13. The lowest BCUT2D eigenvalue weighted by Crippen LogP contribution is -2.51. The maximum absolute atomic E-state index is 14.5. The number of fused-ring (bicyclic) bond motifs is 1. The smallest absolute Gasteiger partial charge is 0.457 e. The molecule has 1 aromatic heterocycles. The zero-order chi connectivity index (χ0) is 51.1. The highest BCUT2D eigenvalue weighted by molar-refractivity contribution is 7.18. The minimum absolute atomic E-state index is 0.113. The summed E-state index contributed by atoms with van der Waals surface area (Å²) in [4.78, 5) is 97.2. The molecule has 3 aromatic rings. The van der Waals surface area contributed by atoms with Crippen molar-refractivity contribution in [2.24, 2.45) is 17.3 Å². The number of hydrogen-bond acceptors (Lipinski definition) is 14. The number of nitrogens with zero attached hydrogens (tertiary/aromatic N) is 3. The number of esters is 1. The molecule has 0 saturated carbocycles. The van der Waals surface area contributed by atoms with Crippen LogP contribution in [0.1, 0.15) is 140 Å². The van der Waals surface area contributed by atoms with Gasteiger partial charge in [-0.3, -0.25) is 39.0 Å². The predicted molar refractivity (Wildman–Crippen MR) is 266 cm³/mol. The van der Waals surface area contributed by atoms with Crippen LogP contribution in [0, 0.1) is 34.3 Å². The van der Waals surface area contributed by atoms with Gasteiger partial charge < -0.3 is 24.6 Å². The van der Waals surface area contributed by atoms with Crippen LogP contribution in [0.2, 0.25) is 0 Å². The van der Waals surface area contributed by atoms with Crippen LogP contribution in [0.4, 0.5) is 10.5 Å². The van der Waals surface area contributed by atoms with Gasteiger partial charge in [0.15, 0.2) is 0 Å². The Hall–Kier alpha value is -6.07.